The summed E-state index contributed by atoms with van der Waals surface area (Å²) < 4.78 is 60.0. The normalized spacial score (nSPS) is 16.6. The van der Waals surface area contributed by atoms with E-state index in [0.717, 1.165) is 64.7 Å². The molecule has 0 aromatic carbocycles. The third kappa shape index (κ3) is 19.2. The van der Waals surface area contributed by atoms with Crippen molar-refractivity contribution in [1.82, 2.24) is 9.80 Å². The average Bonchev–Trinajstić information content (AvgIpc) is 2.70. The Hall–Kier alpha value is -0.260. The summed E-state index contributed by atoms with van der Waals surface area (Å²) in [5.41, 5.74) is 0. The van der Waals surface area contributed by atoms with Gasteiger partial charge in [-0.2, -0.15) is 16.8 Å². The summed E-state index contributed by atoms with van der Waals surface area (Å²) in [6.07, 6.45) is 14.6. The monoisotopic (exact) mass is 498 g/mol. The van der Waals surface area contributed by atoms with Gasteiger partial charge in [-0.3, -0.25) is 9.11 Å². The zero-order valence-corrected chi connectivity index (χ0v) is 21.4. The number of rotatable bonds is 20. The molecule has 192 valence electrons. The van der Waals surface area contributed by atoms with E-state index in [1.54, 1.807) is 0 Å². The van der Waals surface area contributed by atoms with E-state index in [4.69, 9.17) is 9.11 Å². The lowest BCUT2D eigenvalue weighted by molar-refractivity contribution is 0.129. The SMILES string of the molecule is O=S(=O)(O)CCCCCCCCCN1CCN(CCCCCCCCCS(=O)(=O)O)CC1. The molecule has 1 saturated heterocycles. The Bertz CT molecular complexity index is 604. The molecule has 10 heteroatoms. The highest BCUT2D eigenvalue weighted by molar-refractivity contribution is 7.86. The quantitative estimate of drug-likeness (QED) is 0.192. The van der Waals surface area contributed by atoms with E-state index in [1.807, 2.05) is 0 Å². The lowest BCUT2D eigenvalue weighted by atomic mass is 10.1. The maximum atomic E-state index is 10.6. The number of nitrogens with zero attached hydrogens (tertiary/aromatic N) is 2. The van der Waals surface area contributed by atoms with Crippen molar-refractivity contribution in [3.05, 3.63) is 0 Å². The number of hydrogen-bond donors (Lipinski definition) is 2. The minimum atomic E-state index is -3.79. The van der Waals surface area contributed by atoms with Gasteiger partial charge in [0, 0.05) is 26.2 Å². The van der Waals surface area contributed by atoms with Crippen molar-refractivity contribution in [2.24, 2.45) is 0 Å². The third-order valence-corrected chi connectivity index (χ3v) is 7.83. The van der Waals surface area contributed by atoms with E-state index in [-0.39, 0.29) is 11.5 Å². The van der Waals surface area contributed by atoms with E-state index < -0.39 is 20.2 Å². The summed E-state index contributed by atoms with van der Waals surface area (Å²) in [5.74, 6) is -0.220. The van der Waals surface area contributed by atoms with Crippen LogP contribution in [0.2, 0.25) is 0 Å². The van der Waals surface area contributed by atoms with Crippen LogP contribution in [0.3, 0.4) is 0 Å². The fraction of sp³-hybridized carbons (Fsp3) is 1.00. The third-order valence-electron chi connectivity index (χ3n) is 6.22. The fourth-order valence-electron chi connectivity index (χ4n) is 4.24. The molecule has 0 aromatic rings. The fourth-order valence-corrected chi connectivity index (χ4v) is 5.38. The van der Waals surface area contributed by atoms with Gasteiger partial charge in [0.05, 0.1) is 11.5 Å². The first-order valence-corrected chi connectivity index (χ1v) is 15.7. The Labute approximate surface area is 196 Å². The van der Waals surface area contributed by atoms with Crippen LogP contribution in [0.5, 0.6) is 0 Å². The Balaban J connectivity index is 1.85. The van der Waals surface area contributed by atoms with Crippen molar-refractivity contribution in [2.75, 3.05) is 50.8 Å². The molecular weight excluding hydrogens is 452 g/mol. The van der Waals surface area contributed by atoms with Gasteiger partial charge in [0.15, 0.2) is 0 Å². The van der Waals surface area contributed by atoms with Crippen LogP contribution < -0.4 is 0 Å². The maximum Gasteiger partial charge on any atom is 0.264 e. The van der Waals surface area contributed by atoms with E-state index in [0.29, 0.717) is 12.8 Å². The van der Waals surface area contributed by atoms with Gasteiger partial charge in [0.1, 0.15) is 0 Å². The Morgan fingerprint density at radius 1 is 0.438 bits per heavy atom. The van der Waals surface area contributed by atoms with Crippen LogP contribution in [0.1, 0.15) is 89.9 Å². The maximum absolute atomic E-state index is 10.6. The first kappa shape index (κ1) is 29.8. The molecule has 32 heavy (non-hydrogen) atoms. The van der Waals surface area contributed by atoms with Crippen molar-refractivity contribution in [3.8, 4) is 0 Å². The molecule has 1 fully saturated rings. The van der Waals surface area contributed by atoms with Gasteiger partial charge in [0.2, 0.25) is 0 Å². The number of unbranched alkanes of at least 4 members (excludes halogenated alkanes) is 12. The summed E-state index contributed by atoms with van der Waals surface area (Å²) in [7, 11) is -7.58. The molecule has 0 radical (unpaired) electrons. The second kappa shape index (κ2) is 17.2. The standard InChI is InChI=1S/C22H46N2O6S2/c25-31(26,27)21-13-9-5-1-3-7-11-15-23-17-19-24(20-18-23)16-12-8-4-2-6-10-14-22-32(28,29)30/h1-22H2,(H,25,26,27)(H,28,29,30). The van der Waals surface area contributed by atoms with E-state index >= 15 is 0 Å². The second-order valence-corrected chi connectivity index (χ2v) is 12.3. The molecule has 0 spiro atoms. The van der Waals surface area contributed by atoms with Crippen LogP contribution in [0.25, 0.3) is 0 Å². The lowest BCUT2D eigenvalue weighted by Crippen LogP contribution is -2.46. The molecular formula is C22H46N2O6S2. The Kier molecular flexibility index (Phi) is 16.0. The predicted octanol–water partition coefficient (Wildman–Crippen LogP) is 3.84. The predicted molar refractivity (Wildman–Crippen MR) is 130 cm³/mol. The van der Waals surface area contributed by atoms with E-state index in [1.165, 1.54) is 51.6 Å². The van der Waals surface area contributed by atoms with E-state index in [2.05, 4.69) is 9.80 Å². The van der Waals surface area contributed by atoms with Gasteiger partial charge in [0.25, 0.3) is 20.2 Å². The van der Waals surface area contributed by atoms with Crippen molar-refractivity contribution in [1.29, 1.82) is 0 Å². The van der Waals surface area contributed by atoms with Crippen LogP contribution in [0, 0.1) is 0 Å². The topological polar surface area (TPSA) is 115 Å². The van der Waals surface area contributed by atoms with Crippen molar-refractivity contribution in [2.45, 2.75) is 89.9 Å². The summed E-state index contributed by atoms with van der Waals surface area (Å²) in [6.45, 7) is 6.97. The lowest BCUT2D eigenvalue weighted by Gasteiger charge is -2.34. The Morgan fingerprint density at radius 2 is 0.688 bits per heavy atom. The zero-order valence-electron chi connectivity index (χ0n) is 19.8. The zero-order chi connectivity index (χ0) is 23.7. The molecule has 0 saturated carbocycles. The largest absolute Gasteiger partial charge is 0.301 e. The summed E-state index contributed by atoms with van der Waals surface area (Å²) in [4.78, 5) is 5.13. The molecule has 1 aliphatic rings. The van der Waals surface area contributed by atoms with Crippen molar-refractivity contribution >= 4 is 20.2 Å². The molecule has 1 rings (SSSR count). The minimum absolute atomic E-state index is 0.110. The highest BCUT2D eigenvalue weighted by Gasteiger charge is 2.15. The van der Waals surface area contributed by atoms with Crippen molar-refractivity contribution < 1.29 is 25.9 Å². The molecule has 0 unspecified atom stereocenters. The minimum Gasteiger partial charge on any atom is -0.301 e. The molecule has 0 atom stereocenters. The highest BCUT2D eigenvalue weighted by atomic mass is 32.2. The van der Waals surface area contributed by atoms with Gasteiger partial charge in [-0.05, 0) is 38.8 Å². The molecule has 1 aliphatic heterocycles. The summed E-state index contributed by atoms with van der Waals surface area (Å²) in [5, 5.41) is 0. The number of hydrogen-bond acceptors (Lipinski definition) is 6. The Morgan fingerprint density at radius 3 is 0.969 bits per heavy atom. The van der Waals surface area contributed by atoms with Gasteiger partial charge in [-0.15, -0.1) is 0 Å². The molecule has 1 heterocycles. The first-order chi connectivity index (χ1) is 15.2. The molecule has 2 N–H and O–H groups in total. The molecule has 0 bridgehead atoms. The van der Waals surface area contributed by atoms with Gasteiger partial charge >= 0.3 is 0 Å². The molecule has 0 aromatic heterocycles. The van der Waals surface area contributed by atoms with Crippen LogP contribution in [0.15, 0.2) is 0 Å². The number of piperazine rings is 1. The van der Waals surface area contributed by atoms with Crippen LogP contribution in [-0.2, 0) is 20.2 Å². The van der Waals surface area contributed by atoms with Gasteiger partial charge < -0.3 is 9.80 Å². The van der Waals surface area contributed by atoms with Gasteiger partial charge in [-0.25, -0.2) is 0 Å². The highest BCUT2D eigenvalue weighted by Crippen LogP contribution is 2.12. The molecule has 8 nitrogen and oxygen atoms in total. The average molecular weight is 499 g/mol. The first-order valence-electron chi connectivity index (χ1n) is 12.5. The van der Waals surface area contributed by atoms with Crippen LogP contribution in [0.4, 0.5) is 0 Å². The second-order valence-electron chi connectivity index (χ2n) is 9.21. The van der Waals surface area contributed by atoms with Gasteiger partial charge in [-0.1, -0.05) is 64.2 Å². The van der Waals surface area contributed by atoms with Crippen molar-refractivity contribution in [3.63, 3.8) is 0 Å². The van der Waals surface area contributed by atoms with Crippen LogP contribution in [-0.4, -0.2) is 86.5 Å². The summed E-state index contributed by atoms with van der Waals surface area (Å²) in [6, 6.07) is 0. The van der Waals surface area contributed by atoms with Crippen LogP contribution >= 0.6 is 0 Å². The molecule has 0 aliphatic carbocycles. The van der Waals surface area contributed by atoms with E-state index in [9.17, 15) is 16.8 Å². The smallest absolute Gasteiger partial charge is 0.264 e. The summed E-state index contributed by atoms with van der Waals surface area (Å²) >= 11 is 0. The molecule has 0 amide bonds.